The highest BCUT2D eigenvalue weighted by Gasteiger charge is 2.49. The number of fused-ring (bicyclic) bond motifs is 1. The van der Waals surface area contributed by atoms with Crippen molar-refractivity contribution in [2.45, 2.75) is 25.8 Å². The number of thiophene rings is 1. The second kappa shape index (κ2) is 5.39. The molecule has 3 rings (SSSR count). The second-order valence-corrected chi connectivity index (χ2v) is 6.35. The number of nitrogens with zero attached hydrogens (tertiary/aromatic N) is 1. The Labute approximate surface area is 121 Å². The predicted molar refractivity (Wildman–Crippen MR) is 76.6 cm³/mol. The maximum absolute atomic E-state index is 12.2. The second-order valence-electron chi connectivity index (χ2n) is 5.18. The Morgan fingerprint density at radius 3 is 2.60 bits per heavy atom. The van der Waals surface area contributed by atoms with Crippen molar-refractivity contribution in [2.24, 2.45) is 17.6 Å². The Bertz CT molecular complexity index is 589. The molecule has 2 fully saturated rings. The molecule has 2 heterocycles. The van der Waals surface area contributed by atoms with E-state index in [1.54, 1.807) is 0 Å². The van der Waals surface area contributed by atoms with Crippen molar-refractivity contribution in [1.29, 1.82) is 0 Å². The molecule has 1 aliphatic heterocycles. The Hall–Kier alpha value is -1.64. The number of hydrogen-bond acceptors (Lipinski definition) is 4. The van der Waals surface area contributed by atoms with E-state index in [1.807, 2.05) is 12.1 Å². The largest absolute Gasteiger partial charge is 0.320 e. The summed E-state index contributed by atoms with van der Waals surface area (Å²) in [6, 6.07) is 3.84. The third kappa shape index (κ3) is 2.26. The van der Waals surface area contributed by atoms with Gasteiger partial charge in [-0.1, -0.05) is 18.3 Å². The number of likely N-dealkylation sites (tertiary alicyclic amines) is 1. The fourth-order valence-corrected chi connectivity index (χ4v) is 3.91. The predicted octanol–water partition coefficient (Wildman–Crippen LogP) is 1.34. The Kier molecular flexibility index (Phi) is 3.60. The van der Waals surface area contributed by atoms with Crippen LogP contribution in [0.4, 0.5) is 0 Å². The lowest BCUT2D eigenvalue weighted by atomic mass is 10.00. The van der Waals surface area contributed by atoms with Gasteiger partial charge < -0.3 is 5.73 Å². The van der Waals surface area contributed by atoms with Gasteiger partial charge in [-0.25, -0.2) is 0 Å². The molecule has 1 saturated heterocycles. The van der Waals surface area contributed by atoms with Gasteiger partial charge in [0.05, 0.1) is 29.8 Å². The monoisotopic (exact) mass is 288 g/mol. The van der Waals surface area contributed by atoms with Crippen molar-refractivity contribution in [2.75, 3.05) is 6.54 Å². The van der Waals surface area contributed by atoms with Crippen LogP contribution in [0.15, 0.2) is 12.1 Å². The van der Waals surface area contributed by atoms with E-state index in [1.165, 1.54) is 16.2 Å². The summed E-state index contributed by atoms with van der Waals surface area (Å²) in [5.74, 6) is 5.68. The summed E-state index contributed by atoms with van der Waals surface area (Å²) in [7, 11) is 0. The van der Waals surface area contributed by atoms with Crippen LogP contribution in [0.1, 0.15) is 29.0 Å². The van der Waals surface area contributed by atoms with E-state index in [2.05, 4.69) is 11.8 Å². The minimum Gasteiger partial charge on any atom is -0.320 e. The number of carbonyl (C=O) groups excluding carboxylic acids is 2. The van der Waals surface area contributed by atoms with Gasteiger partial charge in [0.1, 0.15) is 0 Å². The van der Waals surface area contributed by atoms with Crippen LogP contribution in [0.5, 0.6) is 0 Å². The summed E-state index contributed by atoms with van der Waals surface area (Å²) >= 11 is 1.52. The number of rotatable bonds is 2. The zero-order valence-corrected chi connectivity index (χ0v) is 11.9. The van der Waals surface area contributed by atoms with Crippen LogP contribution >= 0.6 is 11.3 Å². The van der Waals surface area contributed by atoms with E-state index < -0.39 is 0 Å². The van der Waals surface area contributed by atoms with Crippen molar-refractivity contribution in [3.63, 3.8) is 0 Å². The van der Waals surface area contributed by atoms with E-state index in [0.29, 0.717) is 13.1 Å². The third-order valence-electron chi connectivity index (χ3n) is 3.97. The summed E-state index contributed by atoms with van der Waals surface area (Å²) in [4.78, 5) is 27.8. The first-order chi connectivity index (χ1) is 9.70. The molecule has 1 aromatic heterocycles. The number of hydrogen-bond donors (Lipinski definition) is 1. The van der Waals surface area contributed by atoms with Gasteiger partial charge in [0.15, 0.2) is 0 Å². The number of carbonyl (C=O) groups is 2. The molecule has 1 aliphatic carbocycles. The molecule has 2 atom stereocenters. The topological polar surface area (TPSA) is 63.4 Å². The van der Waals surface area contributed by atoms with Crippen molar-refractivity contribution in [3.8, 4) is 11.8 Å². The molecule has 1 aromatic rings. The van der Waals surface area contributed by atoms with Crippen LogP contribution in [0, 0.1) is 23.7 Å². The lowest BCUT2D eigenvalue weighted by Gasteiger charge is -2.14. The lowest BCUT2D eigenvalue weighted by molar-refractivity contribution is -0.140. The van der Waals surface area contributed by atoms with Gasteiger partial charge in [-0.2, -0.15) is 0 Å². The molecular formula is C15H16N2O2S. The van der Waals surface area contributed by atoms with E-state index >= 15 is 0 Å². The fourth-order valence-electron chi connectivity index (χ4n) is 3.04. The average Bonchev–Trinajstić information content (AvgIpc) is 3.13. The van der Waals surface area contributed by atoms with Crippen LogP contribution in [0.25, 0.3) is 0 Å². The molecule has 20 heavy (non-hydrogen) atoms. The normalized spacial score (nSPS) is 24.8. The van der Waals surface area contributed by atoms with Crippen LogP contribution in [-0.2, 0) is 16.1 Å². The van der Waals surface area contributed by atoms with Gasteiger partial charge in [-0.3, -0.25) is 14.5 Å². The smallest absolute Gasteiger partial charge is 0.233 e. The molecule has 4 nitrogen and oxygen atoms in total. The highest BCUT2D eigenvalue weighted by molar-refractivity contribution is 7.12. The van der Waals surface area contributed by atoms with Gasteiger partial charge in [0, 0.05) is 4.88 Å². The molecule has 2 aliphatic rings. The van der Waals surface area contributed by atoms with Crippen LogP contribution in [0.2, 0.25) is 0 Å². The zero-order valence-electron chi connectivity index (χ0n) is 11.1. The van der Waals surface area contributed by atoms with E-state index in [4.69, 9.17) is 5.73 Å². The summed E-state index contributed by atoms with van der Waals surface area (Å²) in [5.41, 5.74) is 5.34. The highest BCUT2D eigenvalue weighted by Crippen LogP contribution is 2.40. The molecule has 2 amide bonds. The molecular weight excluding hydrogens is 272 g/mol. The Balaban J connectivity index is 1.73. The Morgan fingerprint density at radius 1 is 1.25 bits per heavy atom. The summed E-state index contributed by atoms with van der Waals surface area (Å²) in [6.45, 7) is 0.722. The van der Waals surface area contributed by atoms with Gasteiger partial charge in [0.25, 0.3) is 0 Å². The molecule has 0 radical (unpaired) electrons. The van der Waals surface area contributed by atoms with Crippen LogP contribution in [-0.4, -0.2) is 23.3 Å². The van der Waals surface area contributed by atoms with Crippen molar-refractivity contribution in [1.82, 2.24) is 4.90 Å². The van der Waals surface area contributed by atoms with E-state index in [9.17, 15) is 9.59 Å². The van der Waals surface area contributed by atoms with E-state index in [0.717, 1.165) is 29.0 Å². The maximum Gasteiger partial charge on any atom is 0.233 e. The molecule has 0 aromatic carbocycles. The van der Waals surface area contributed by atoms with Crippen LogP contribution < -0.4 is 5.73 Å². The van der Waals surface area contributed by atoms with Gasteiger partial charge in [-0.15, -0.1) is 11.3 Å². The minimum atomic E-state index is -0.0565. The number of imide groups is 1. The molecule has 2 unspecified atom stereocenters. The maximum atomic E-state index is 12.2. The molecule has 2 N–H and O–H groups in total. The first-order valence-corrected chi connectivity index (χ1v) is 7.65. The first-order valence-electron chi connectivity index (χ1n) is 6.83. The Morgan fingerprint density at radius 2 is 1.95 bits per heavy atom. The molecule has 0 spiro atoms. The number of amides is 2. The van der Waals surface area contributed by atoms with Gasteiger partial charge in [0.2, 0.25) is 11.8 Å². The quantitative estimate of drug-likeness (QED) is 0.660. The SMILES string of the molecule is NCC#Cc1ccc(CN2C(=O)C3CCCC3C2=O)s1. The van der Waals surface area contributed by atoms with E-state index in [-0.39, 0.29) is 23.7 Å². The molecule has 0 bridgehead atoms. The van der Waals surface area contributed by atoms with Crippen molar-refractivity contribution in [3.05, 3.63) is 21.9 Å². The minimum absolute atomic E-state index is 0.0143. The third-order valence-corrected chi connectivity index (χ3v) is 4.96. The first kappa shape index (κ1) is 13.3. The average molecular weight is 288 g/mol. The van der Waals surface area contributed by atoms with Crippen LogP contribution in [0.3, 0.4) is 0 Å². The van der Waals surface area contributed by atoms with Crippen molar-refractivity contribution >= 4 is 23.2 Å². The number of nitrogens with two attached hydrogens (primary N) is 1. The highest BCUT2D eigenvalue weighted by atomic mass is 32.1. The fraction of sp³-hybridized carbons (Fsp3) is 0.467. The lowest BCUT2D eigenvalue weighted by Crippen LogP contribution is -2.30. The van der Waals surface area contributed by atoms with Gasteiger partial charge in [-0.05, 0) is 25.0 Å². The molecule has 5 heteroatoms. The van der Waals surface area contributed by atoms with Gasteiger partial charge >= 0.3 is 0 Å². The molecule has 1 saturated carbocycles. The summed E-state index contributed by atoms with van der Waals surface area (Å²) < 4.78 is 0. The summed E-state index contributed by atoms with van der Waals surface area (Å²) in [5, 5.41) is 0. The zero-order chi connectivity index (χ0) is 14.1. The standard InChI is InChI=1S/C15H16N2O2S/c16-8-2-3-10-6-7-11(20-10)9-17-14(18)12-4-1-5-13(12)15(17)19/h6-7,12-13H,1,4-5,8-9,16H2. The van der Waals surface area contributed by atoms with Crippen molar-refractivity contribution < 1.29 is 9.59 Å². The molecule has 104 valence electrons. The summed E-state index contributed by atoms with van der Waals surface area (Å²) in [6.07, 6.45) is 2.73.